The fraction of sp³-hybridized carbons (Fsp3) is 0.0667. The Morgan fingerprint density at radius 1 is 0.842 bits per heavy atom. The van der Waals surface area contributed by atoms with Crippen molar-refractivity contribution >= 4 is 33.1 Å². The fourth-order valence-electron chi connectivity index (χ4n) is 2.51. The van der Waals surface area contributed by atoms with Crippen molar-refractivity contribution in [3.63, 3.8) is 0 Å². The molecule has 2 heterocycles. The van der Waals surface area contributed by atoms with Gasteiger partial charge in [0.2, 0.25) is 5.13 Å². The highest BCUT2D eigenvalue weighted by molar-refractivity contribution is 7.13. The van der Waals surface area contributed by atoms with Gasteiger partial charge in [0, 0.05) is 10.8 Å². The molecule has 0 atom stereocenters. The van der Waals surface area contributed by atoms with Crippen molar-refractivity contribution < 1.29 is 0 Å². The zero-order chi connectivity index (χ0) is 12.8. The monoisotopic (exact) mass is 265 g/mol. The second-order valence-electron chi connectivity index (χ2n) is 4.47. The van der Waals surface area contributed by atoms with Crippen LogP contribution in [0.1, 0.15) is 5.01 Å². The van der Waals surface area contributed by atoms with E-state index >= 15 is 0 Å². The standard InChI is InChI=1S/C15H11N3S/c1-10-16-17-15(19-10)18-13-8-4-2-6-11(13)12-7-3-5-9-14(12)18/h2-9H,1H3. The van der Waals surface area contributed by atoms with E-state index in [1.165, 1.54) is 21.8 Å². The number of rotatable bonds is 1. The average molecular weight is 265 g/mol. The maximum absolute atomic E-state index is 4.29. The van der Waals surface area contributed by atoms with Crippen LogP contribution in [0.5, 0.6) is 0 Å². The molecule has 0 amide bonds. The van der Waals surface area contributed by atoms with E-state index in [1.807, 2.05) is 6.92 Å². The minimum atomic E-state index is 0.926. The number of hydrogen-bond donors (Lipinski definition) is 0. The summed E-state index contributed by atoms with van der Waals surface area (Å²) >= 11 is 1.62. The summed E-state index contributed by atoms with van der Waals surface area (Å²) in [5.41, 5.74) is 2.36. The molecule has 0 aliphatic carbocycles. The summed E-state index contributed by atoms with van der Waals surface area (Å²) in [4.78, 5) is 0. The number of para-hydroxylation sites is 2. The second kappa shape index (κ2) is 3.90. The SMILES string of the molecule is Cc1nnc(-n2c3ccccc3c3ccccc32)s1. The molecule has 0 spiro atoms. The molecule has 0 bridgehead atoms. The average Bonchev–Trinajstić information content (AvgIpc) is 3.00. The predicted octanol–water partition coefficient (Wildman–Crippen LogP) is 3.94. The lowest BCUT2D eigenvalue weighted by Gasteiger charge is -2.00. The number of benzene rings is 2. The zero-order valence-electron chi connectivity index (χ0n) is 10.4. The quantitative estimate of drug-likeness (QED) is 0.522. The van der Waals surface area contributed by atoms with Gasteiger partial charge in [0.15, 0.2) is 0 Å². The van der Waals surface area contributed by atoms with Gasteiger partial charge in [-0.05, 0) is 19.1 Å². The molecule has 2 aromatic heterocycles. The van der Waals surface area contributed by atoms with Crippen molar-refractivity contribution in [1.82, 2.24) is 14.8 Å². The number of nitrogens with zero attached hydrogens (tertiary/aromatic N) is 3. The zero-order valence-corrected chi connectivity index (χ0v) is 11.2. The first kappa shape index (κ1) is 10.7. The van der Waals surface area contributed by atoms with Crippen LogP contribution in [0.15, 0.2) is 48.5 Å². The van der Waals surface area contributed by atoms with E-state index in [2.05, 4.69) is 63.3 Å². The lowest BCUT2D eigenvalue weighted by Crippen LogP contribution is -1.92. The molecule has 0 fully saturated rings. The Morgan fingerprint density at radius 2 is 1.42 bits per heavy atom. The number of aryl methyl sites for hydroxylation is 1. The highest BCUT2D eigenvalue weighted by Gasteiger charge is 2.13. The maximum atomic E-state index is 4.29. The first-order valence-electron chi connectivity index (χ1n) is 6.13. The van der Waals surface area contributed by atoms with Gasteiger partial charge in [-0.25, -0.2) is 0 Å². The van der Waals surface area contributed by atoms with Gasteiger partial charge in [-0.3, -0.25) is 4.57 Å². The lowest BCUT2D eigenvalue weighted by atomic mass is 10.2. The van der Waals surface area contributed by atoms with Gasteiger partial charge < -0.3 is 0 Å². The normalized spacial score (nSPS) is 11.4. The third kappa shape index (κ3) is 1.50. The van der Waals surface area contributed by atoms with Crippen LogP contribution in [-0.4, -0.2) is 14.8 Å². The van der Waals surface area contributed by atoms with Gasteiger partial charge in [0.1, 0.15) is 5.01 Å². The van der Waals surface area contributed by atoms with E-state index in [1.54, 1.807) is 11.3 Å². The van der Waals surface area contributed by atoms with Crippen LogP contribution >= 0.6 is 11.3 Å². The van der Waals surface area contributed by atoms with Gasteiger partial charge in [-0.1, -0.05) is 47.7 Å². The molecule has 0 saturated heterocycles. The molecule has 0 unspecified atom stereocenters. The first-order chi connectivity index (χ1) is 9.34. The van der Waals surface area contributed by atoms with Crippen molar-refractivity contribution in [3.05, 3.63) is 53.5 Å². The number of hydrogen-bond acceptors (Lipinski definition) is 3. The van der Waals surface area contributed by atoms with Crippen molar-refractivity contribution in [2.45, 2.75) is 6.92 Å². The Bertz CT molecular complexity index is 835. The Labute approximate surface area is 114 Å². The van der Waals surface area contributed by atoms with Gasteiger partial charge in [-0.15, -0.1) is 10.2 Å². The molecule has 19 heavy (non-hydrogen) atoms. The summed E-state index contributed by atoms with van der Waals surface area (Å²) in [6, 6.07) is 16.8. The molecule has 4 aromatic rings. The van der Waals surface area contributed by atoms with Crippen molar-refractivity contribution in [2.24, 2.45) is 0 Å². The van der Waals surface area contributed by atoms with Crippen LogP contribution in [0.25, 0.3) is 26.9 Å². The van der Waals surface area contributed by atoms with Gasteiger partial charge in [0.25, 0.3) is 0 Å². The van der Waals surface area contributed by atoms with Gasteiger partial charge in [0.05, 0.1) is 11.0 Å². The smallest absolute Gasteiger partial charge is 0.217 e. The molecular weight excluding hydrogens is 254 g/mol. The van der Waals surface area contributed by atoms with Crippen molar-refractivity contribution in [3.8, 4) is 5.13 Å². The number of fused-ring (bicyclic) bond motifs is 3. The fourth-order valence-corrected chi connectivity index (χ4v) is 3.22. The summed E-state index contributed by atoms with van der Waals surface area (Å²) in [5.74, 6) is 0. The molecule has 0 saturated carbocycles. The van der Waals surface area contributed by atoms with E-state index in [4.69, 9.17) is 0 Å². The minimum Gasteiger partial charge on any atom is -0.284 e. The van der Waals surface area contributed by atoms with Gasteiger partial charge in [-0.2, -0.15) is 0 Å². The molecule has 4 heteroatoms. The maximum Gasteiger partial charge on any atom is 0.217 e. The van der Waals surface area contributed by atoms with Crippen LogP contribution < -0.4 is 0 Å². The summed E-state index contributed by atoms with van der Waals surface area (Å²) in [6.07, 6.45) is 0. The van der Waals surface area contributed by atoms with Crippen LogP contribution in [0.2, 0.25) is 0 Å². The number of aromatic nitrogens is 3. The topological polar surface area (TPSA) is 30.7 Å². The summed E-state index contributed by atoms with van der Waals surface area (Å²) in [5, 5.41) is 12.8. The van der Waals surface area contributed by atoms with Gasteiger partial charge >= 0.3 is 0 Å². The molecule has 3 nitrogen and oxygen atoms in total. The first-order valence-corrected chi connectivity index (χ1v) is 6.95. The molecule has 2 aromatic carbocycles. The van der Waals surface area contributed by atoms with Crippen molar-refractivity contribution in [1.29, 1.82) is 0 Å². The molecule has 0 N–H and O–H groups in total. The highest BCUT2D eigenvalue weighted by Crippen LogP contribution is 2.32. The van der Waals surface area contributed by atoms with E-state index in [-0.39, 0.29) is 0 Å². The third-order valence-corrected chi connectivity index (χ3v) is 4.11. The van der Waals surface area contributed by atoms with Crippen LogP contribution in [-0.2, 0) is 0 Å². The summed E-state index contributed by atoms with van der Waals surface area (Å²) in [7, 11) is 0. The van der Waals surface area contributed by atoms with E-state index in [0.29, 0.717) is 0 Å². The molecular formula is C15H11N3S. The predicted molar refractivity (Wildman–Crippen MR) is 79.0 cm³/mol. The minimum absolute atomic E-state index is 0.926. The largest absolute Gasteiger partial charge is 0.284 e. The second-order valence-corrected chi connectivity index (χ2v) is 5.63. The Kier molecular flexibility index (Phi) is 2.19. The highest BCUT2D eigenvalue weighted by atomic mass is 32.1. The summed E-state index contributed by atoms with van der Waals surface area (Å²) < 4.78 is 2.19. The third-order valence-electron chi connectivity index (χ3n) is 3.29. The van der Waals surface area contributed by atoms with Crippen LogP contribution in [0, 0.1) is 6.92 Å². The van der Waals surface area contributed by atoms with E-state index in [0.717, 1.165) is 10.1 Å². The molecule has 0 radical (unpaired) electrons. The van der Waals surface area contributed by atoms with Crippen LogP contribution in [0.3, 0.4) is 0 Å². The van der Waals surface area contributed by atoms with E-state index < -0.39 is 0 Å². The lowest BCUT2D eigenvalue weighted by molar-refractivity contribution is 0.991. The Hall–Kier alpha value is -2.20. The Morgan fingerprint density at radius 3 is 1.95 bits per heavy atom. The van der Waals surface area contributed by atoms with Crippen molar-refractivity contribution in [2.75, 3.05) is 0 Å². The molecule has 0 aliphatic heterocycles. The Balaban J connectivity index is 2.23. The molecule has 0 aliphatic rings. The van der Waals surface area contributed by atoms with E-state index in [9.17, 15) is 0 Å². The summed E-state index contributed by atoms with van der Waals surface area (Å²) in [6.45, 7) is 1.98. The van der Waals surface area contributed by atoms with Crippen LogP contribution in [0.4, 0.5) is 0 Å². The molecule has 92 valence electrons. The molecule has 4 rings (SSSR count).